The van der Waals surface area contributed by atoms with Gasteiger partial charge in [-0.05, 0) is 60.7 Å². The molecule has 2 aromatic carbocycles. The van der Waals surface area contributed by atoms with Crippen molar-refractivity contribution in [3.05, 3.63) is 94.6 Å². The largest absolute Gasteiger partial charge is 0.494 e. The molecule has 1 aliphatic heterocycles. The van der Waals surface area contributed by atoms with E-state index in [1.54, 1.807) is 35.8 Å². The molecule has 200 valence electrons. The van der Waals surface area contributed by atoms with E-state index in [4.69, 9.17) is 32.7 Å². The van der Waals surface area contributed by atoms with Gasteiger partial charge in [0.1, 0.15) is 5.75 Å². The van der Waals surface area contributed by atoms with E-state index in [1.807, 2.05) is 38.1 Å². The van der Waals surface area contributed by atoms with Crippen LogP contribution in [0.2, 0.25) is 10.0 Å². The van der Waals surface area contributed by atoms with Gasteiger partial charge in [-0.3, -0.25) is 9.36 Å². The maximum Gasteiger partial charge on any atom is 0.338 e. The SMILES string of the molecule is CCCCOc1ccc(C2C(C(=O)OCC(C)C)=C(C)N=c3sc(=Cc4ccc(Cl)cc4Cl)c(=O)n32)cc1. The minimum Gasteiger partial charge on any atom is -0.494 e. The van der Waals surface area contributed by atoms with Crippen LogP contribution in [0.15, 0.2) is 63.5 Å². The average Bonchev–Trinajstić information content (AvgIpc) is 3.18. The number of allylic oxidation sites excluding steroid dienone is 1. The van der Waals surface area contributed by atoms with Crippen molar-refractivity contribution in [3.63, 3.8) is 0 Å². The van der Waals surface area contributed by atoms with E-state index < -0.39 is 12.0 Å². The number of thiazole rings is 1. The Bertz CT molecular complexity index is 1540. The van der Waals surface area contributed by atoms with Gasteiger partial charge in [-0.1, -0.05) is 79.9 Å². The summed E-state index contributed by atoms with van der Waals surface area (Å²) >= 11 is 13.7. The number of nitrogens with zero attached hydrogens (tertiary/aromatic N) is 2. The number of rotatable bonds is 9. The molecule has 3 aromatic rings. The predicted molar refractivity (Wildman–Crippen MR) is 153 cm³/mol. The van der Waals surface area contributed by atoms with Crippen LogP contribution >= 0.6 is 34.5 Å². The quantitative estimate of drug-likeness (QED) is 0.236. The summed E-state index contributed by atoms with van der Waals surface area (Å²) in [4.78, 5) is 32.2. The van der Waals surface area contributed by atoms with Crippen LogP contribution < -0.4 is 19.6 Å². The van der Waals surface area contributed by atoms with Crippen molar-refractivity contribution in [2.75, 3.05) is 13.2 Å². The highest BCUT2D eigenvalue weighted by Crippen LogP contribution is 2.32. The van der Waals surface area contributed by atoms with Crippen molar-refractivity contribution in [1.82, 2.24) is 4.57 Å². The number of carbonyl (C=O) groups excluding carboxylic acids is 1. The number of fused-ring (bicyclic) bond motifs is 1. The van der Waals surface area contributed by atoms with Crippen LogP contribution in [0.25, 0.3) is 6.08 Å². The normalized spacial score (nSPS) is 15.4. The number of unbranched alkanes of at least 4 members (excludes halogenated alkanes) is 1. The molecular weight excluding hydrogens is 543 g/mol. The molecule has 0 spiro atoms. The predicted octanol–water partition coefficient (Wildman–Crippen LogP) is 5.92. The molecule has 6 nitrogen and oxygen atoms in total. The zero-order valence-electron chi connectivity index (χ0n) is 21.8. The van der Waals surface area contributed by atoms with Gasteiger partial charge in [0.05, 0.1) is 35.1 Å². The molecule has 38 heavy (non-hydrogen) atoms. The molecule has 1 aromatic heterocycles. The lowest BCUT2D eigenvalue weighted by molar-refractivity contribution is -0.140. The Morgan fingerprint density at radius 1 is 1.18 bits per heavy atom. The highest BCUT2D eigenvalue weighted by atomic mass is 35.5. The maximum absolute atomic E-state index is 13.8. The minimum absolute atomic E-state index is 0.170. The second kappa shape index (κ2) is 12.3. The second-order valence-corrected chi connectivity index (χ2v) is 11.4. The van der Waals surface area contributed by atoms with Crippen LogP contribution in [0.4, 0.5) is 0 Å². The molecule has 1 atom stereocenters. The van der Waals surface area contributed by atoms with Crippen molar-refractivity contribution < 1.29 is 14.3 Å². The summed E-state index contributed by atoms with van der Waals surface area (Å²) in [6, 6.07) is 11.9. The van der Waals surface area contributed by atoms with Crippen molar-refractivity contribution in [2.24, 2.45) is 10.9 Å². The summed E-state index contributed by atoms with van der Waals surface area (Å²) in [7, 11) is 0. The molecule has 0 saturated carbocycles. The van der Waals surface area contributed by atoms with E-state index in [2.05, 4.69) is 11.9 Å². The van der Waals surface area contributed by atoms with Crippen molar-refractivity contribution in [2.45, 2.75) is 46.6 Å². The Kier molecular flexibility index (Phi) is 9.13. The zero-order chi connectivity index (χ0) is 27.4. The lowest BCUT2D eigenvalue weighted by Gasteiger charge is -2.25. The van der Waals surface area contributed by atoms with E-state index in [0.29, 0.717) is 42.8 Å². The molecule has 0 bridgehead atoms. The third-order valence-corrected chi connectivity index (χ3v) is 7.55. The van der Waals surface area contributed by atoms with Crippen molar-refractivity contribution in [1.29, 1.82) is 0 Å². The second-order valence-electron chi connectivity index (χ2n) is 9.51. The van der Waals surface area contributed by atoms with Gasteiger partial charge in [-0.2, -0.15) is 0 Å². The Balaban J connectivity index is 1.83. The molecule has 0 amide bonds. The molecule has 0 saturated heterocycles. The first kappa shape index (κ1) is 28.1. The van der Waals surface area contributed by atoms with Gasteiger partial charge in [-0.25, -0.2) is 9.79 Å². The monoisotopic (exact) mass is 572 g/mol. The Hall–Kier alpha value is -2.87. The van der Waals surface area contributed by atoms with E-state index in [1.165, 1.54) is 11.3 Å². The summed E-state index contributed by atoms with van der Waals surface area (Å²) in [5, 5.41) is 0.948. The highest BCUT2D eigenvalue weighted by Gasteiger charge is 2.33. The third-order valence-electron chi connectivity index (χ3n) is 6.00. The zero-order valence-corrected chi connectivity index (χ0v) is 24.1. The van der Waals surface area contributed by atoms with Crippen molar-refractivity contribution in [3.8, 4) is 5.75 Å². The molecule has 1 aliphatic rings. The van der Waals surface area contributed by atoms with Crippen LogP contribution in [0.5, 0.6) is 5.75 Å². The summed E-state index contributed by atoms with van der Waals surface area (Å²) in [5.41, 5.74) is 2.02. The summed E-state index contributed by atoms with van der Waals surface area (Å²) in [6.45, 7) is 8.72. The number of aromatic nitrogens is 1. The van der Waals surface area contributed by atoms with Crippen LogP contribution in [0.3, 0.4) is 0 Å². The summed E-state index contributed by atoms with van der Waals surface area (Å²) in [6.07, 6.45) is 3.73. The first-order valence-electron chi connectivity index (χ1n) is 12.6. The van der Waals surface area contributed by atoms with Gasteiger partial charge in [0.25, 0.3) is 5.56 Å². The third kappa shape index (κ3) is 6.22. The topological polar surface area (TPSA) is 69.9 Å². The number of hydrogen-bond donors (Lipinski definition) is 0. The number of esters is 1. The van der Waals surface area contributed by atoms with E-state index in [9.17, 15) is 9.59 Å². The van der Waals surface area contributed by atoms with Gasteiger partial charge in [0.2, 0.25) is 0 Å². The van der Waals surface area contributed by atoms with Gasteiger partial charge in [0.15, 0.2) is 4.80 Å². The minimum atomic E-state index is -0.696. The lowest BCUT2D eigenvalue weighted by Crippen LogP contribution is -2.40. The van der Waals surface area contributed by atoms with E-state index >= 15 is 0 Å². The van der Waals surface area contributed by atoms with Gasteiger partial charge < -0.3 is 9.47 Å². The summed E-state index contributed by atoms with van der Waals surface area (Å²) in [5.74, 6) is 0.419. The molecule has 1 unspecified atom stereocenters. The molecule has 0 aliphatic carbocycles. The maximum atomic E-state index is 13.8. The van der Waals surface area contributed by atoms with Crippen molar-refractivity contribution >= 4 is 46.6 Å². The van der Waals surface area contributed by atoms with Gasteiger partial charge in [0, 0.05) is 10.0 Å². The van der Waals surface area contributed by atoms with Crippen LogP contribution in [0.1, 0.15) is 57.7 Å². The molecule has 2 heterocycles. The Morgan fingerprint density at radius 3 is 2.58 bits per heavy atom. The number of carbonyl (C=O) groups is 1. The van der Waals surface area contributed by atoms with Crippen LogP contribution in [-0.4, -0.2) is 23.8 Å². The fourth-order valence-electron chi connectivity index (χ4n) is 4.06. The lowest BCUT2D eigenvalue weighted by atomic mass is 9.96. The molecule has 0 radical (unpaired) electrons. The van der Waals surface area contributed by atoms with E-state index in [-0.39, 0.29) is 18.1 Å². The number of ether oxygens (including phenoxy) is 2. The fraction of sp³-hybridized carbons (Fsp3) is 0.345. The first-order chi connectivity index (χ1) is 18.2. The number of benzene rings is 2. The standard InChI is InChI=1S/C29H30Cl2N2O4S/c1-5-6-13-36-22-11-8-19(9-12-22)26-25(28(35)37-16-17(2)3)18(4)32-29-33(26)27(34)24(38-29)14-20-7-10-21(30)15-23(20)31/h7-12,14-15,17,26H,5-6,13,16H2,1-4H3. The average molecular weight is 574 g/mol. The summed E-state index contributed by atoms with van der Waals surface area (Å²) < 4.78 is 13.4. The smallest absolute Gasteiger partial charge is 0.338 e. The molecular formula is C29H30Cl2N2O4S. The highest BCUT2D eigenvalue weighted by molar-refractivity contribution is 7.07. The van der Waals surface area contributed by atoms with E-state index in [0.717, 1.165) is 24.2 Å². The molecule has 0 fully saturated rings. The first-order valence-corrected chi connectivity index (χ1v) is 14.1. The van der Waals surface area contributed by atoms with Gasteiger partial charge in [-0.15, -0.1) is 0 Å². The fourth-order valence-corrected chi connectivity index (χ4v) is 5.56. The van der Waals surface area contributed by atoms with Gasteiger partial charge >= 0.3 is 5.97 Å². The molecule has 0 N–H and O–H groups in total. The van der Waals surface area contributed by atoms with Crippen LogP contribution in [0, 0.1) is 5.92 Å². The molecule has 4 rings (SSSR count). The number of halogens is 2. The number of hydrogen-bond acceptors (Lipinski definition) is 6. The Labute approximate surface area is 235 Å². The Morgan fingerprint density at radius 2 is 1.92 bits per heavy atom. The van der Waals surface area contributed by atoms with Crippen LogP contribution in [-0.2, 0) is 9.53 Å². The molecule has 9 heteroatoms.